The van der Waals surface area contributed by atoms with Crippen LogP contribution in [0, 0.1) is 0 Å². The van der Waals surface area contributed by atoms with Crippen molar-refractivity contribution in [2.45, 2.75) is 25.0 Å². The summed E-state index contributed by atoms with van der Waals surface area (Å²) in [5.74, 6) is 1.20. The highest BCUT2D eigenvalue weighted by atomic mass is 35.5. The number of hydrogen-bond acceptors (Lipinski definition) is 4. The van der Waals surface area contributed by atoms with E-state index in [1.54, 1.807) is 12.1 Å². The number of aliphatic hydroxyl groups is 1. The van der Waals surface area contributed by atoms with Crippen LogP contribution in [0.4, 0.5) is 0 Å². The first-order valence-electron chi connectivity index (χ1n) is 6.24. The first kappa shape index (κ1) is 12.1. The van der Waals surface area contributed by atoms with Crippen molar-refractivity contribution in [3.63, 3.8) is 0 Å². The Morgan fingerprint density at radius 3 is 2.89 bits per heavy atom. The third kappa shape index (κ3) is 2.55. The van der Waals surface area contributed by atoms with Crippen LogP contribution in [0.2, 0.25) is 5.02 Å². The molecule has 2 aliphatic rings. The smallest absolute Gasteiger partial charge is 0.179 e. The van der Waals surface area contributed by atoms with Crippen LogP contribution in [-0.2, 0) is 0 Å². The first-order valence-corrected chi connectivity index (χ1v) is 6.62. The molecule has 3 rings (SSSR count). The van der Waals surface area contributed by atoms with Crippen molar-refractivity contribution >= 4 is 11.6 Å². The van der Waals surface area contributed by atoms with E-state index in [0.29, 0.717) is 42.3 Å². The Kier molecular flexibility index (Phi) is 3.33. The second-order valence-corrected chi connectivity index (χ2v) is 5.13. The molecule has 1 aliphatic heterocycles. The zero-order chi connectivity index (χ0) is 12.5. The van der Waals surface area contributed by atoms with Crippen molar-refractivity contribution in [3.05, 3.63) is 22.7 Å². The van der Waals surface area contributed by atoms with Crippen molar-refractivity contribution in [3.8, 4) is 11.5 Å². The van der Waals surface area contributed by atoms with E-state index >= 15 is 0 Å². The molecule has 1 aromatic rings. The maximum absolute atomic E-state index is 10.1. The molecule has 1 fully saturated rings. The van der Waals surface area contributed by atoms with Gasteiger partial charge in [0.1, 0.15) is 13.2 Å². The highest BCUT2D eigenvalue weighted by Gasteiger charge is 2.23. The summed E-state index contributed by atoms with van der Waals surface area (Å²) in [6.45, 7) is 1.57. The number of ether oxygens (including phenoxy) is 2. The third-order valence-electron chi connectivity index (χ3n) is 3.18. The molecule has 1 aromatic carbocycles. The fraction of sp³-hybridized carbons (Fsp3) is 0.538. The van der Waals surface area contributed by atoms with Crippen molar-refractivity contribution in [2.75, 3.05) is 19.8 Å². The van der Waals surface area contributed by atoms with E-state index in [1.165, 1.54) is 12.8 Å². The maximum Gasteiger partial charge on any atom is 0.179 e. The largest absolute Gasteiger partial charge is 0.486 e. The summed E-state index contributed by atoms with van der Waals surface area (Å²) >= 11 is 6.13. The van der Waals surface area contributed by atoms with Gasteiger partial charge in [0, 0.05) is 12.6 Å². The predicted molar refractivity (Wildman–Crippen MR) is 68.4 cm³/mol. The zero-order valence-corrected chi connectivity index (χ0v) is 10.7. The van der Waals surface area contributed by atoms with E-state index in [1.807, 2.05) is 0 Å². The van der Waals surface area contributed by atoms with E-state index < -0.39 is 6.10 Å². The minimum absolute atomic E-state index is 0.493. The summed E-state index contributed by atoms with van der Waals surface area (Å²) in [4.78, 5) is 0. The highest BCUT2D eigenvalue weighted by Crippen LogP contribution is 2.39. The number of benzene rings is 1. The molecule has 0 spiro atoms. The molecule has 0 bridgehead atoms. The van der Waals surface area contributed by atoms with Crippen molar-refractivity contribution in [1.29, 1.82) is 0 Å². The topological polar surface area (TPSA) is 50.7 Å². The van der Waals surface area contributed by atoms with Crippen LogP contribution in [0.15, 0.2) is 12.1 Å². The van der Waals surface area contributed by atoms with Gasteiger partial charge in [0.05, 0.1) is 11.1 Å². The van der Waals surface area contributed by atoms with E-state index in [2.05, 4.69) is 5.32 Å². The molecule has 1 saturated carbocycles. The Bertz CT molecular complexity index is 448. The van der Waals surface area contributed by atoms with Gasteiger partial charge in [-0.1, -0.05) is 11.6 Å². The summed E-state index contributed by atoms with van der Waals surface area (Å²) in [6, 6.07) is 4.13. The predicted octanol–water partition coefficient (Wildman–Crippen LogP) is 1.90. The molecule has 1 atom stereocenters. The van der Waals surface area contributed by atoms with Crippen molar-refractivity contribution in [2.24, 2.45) is 0 Å². The normalized spacial score (nSPS) is 19.7. The second-order valence-electron chi connectivity index (χ2n) is 4.73. The fourth-order valence-electron chi connectivity index (χ4n) is 2.01. The summed E-state index contributed by atoms with van der Waals surface area (Å²) in [6.07, 6.45) is 1.84. The van der Waals surface area contributed by atoms with E-state index in [0.717, 1.165) is 5.56 Å². The number of aliphatic hydroxyl groups excluding tert-OH is 1. The van der Waals surface area contributed by atoms with Gasteiger partial charge in [0.25, 0.3) is 0 Å². The summed E-state index contributed by atoms with van der Waals surface area (Å²) in [5.41, 5.74) is 0.761. The van der Waals surface area contributed by atoms with Gasteiger partial charge in [-0.3, -0.25) is 0 Å². The molecule has 1 unspecified atom stereocenters. The fourth-order valence-corrected chi connectivity index (χ4v) is 2.28. The van der Waals surface area contributed by atoms with Gasteiger partial charge in [-0.25, -0.2) is 0 Å². The van der Waals surface area contributed by atoms with Gasteiger partial charge < -0.3 is 19.9 Å². The first-order chi connectivity index (χ1) is 8.74. The summed E-state index contributed by atoms with van der Waals surface area (Å²) in [7, 11) is 0. The SMILES string of the molecule is OC(CNC1CC1)c1cc(Cl)c2c(c1)OCCO2. The number of fused-ring (bicyclic) bond motifs is 1. The minimum atomic E-state index is -0.570. The number of rotatable bonds is 4. The molecule has 4 nitrogen and oxygen atoms in total. The van der Waals surface area contributed by atoms with Crippen LogP contribution in [0.1, 0.15) is 24.5 Å². The van der Waals surface area contributed by atoms with Gasteiger partial charge in [0.2, 0.25) is 0 Å². The Balaban J connectivity index is 1.76. The van der Waals surface area contributed by atoms with Crippen LogP contribution in [0.3, 0.4) is 0 Å². The van der Waals surface area contributed by atoms with E-state index in [4.69, 9.17) is 21.1 Å². The zero-order valence-electron chi connectivity index (χ0n) is 9.99. The highest BCUT2D eigenvalue weighted by molar-refractivity contribution is 6.32. The van der Waals surface area contributed by atoms with Gasteiger partial charge in [-0.2, -0.15) is 0 Å². The molecular formula is C13H16ClNO3. The lowest BCUT2D eigenvalue weighted by Gasteiger charge is -2.21. The Morgan fingerprint density at radius 1 is 1.33 bits per heavy atom. The van der Waals surface area contributed by atoms with Gasteiger partial charge in [-0.05, 0) is 30.5 Å². The van der Waals surface area contributed by atoms with Crippen molar-refractivity contribution < 1.29 is 14.6 Å². The monoisotopic (exact) mass is 269 g/mol. The summed E-state index contributed by atoms with van der Waals surface area (Å²) < 4.78 is 10.9. The van der Waals surface area contributed by atoms with Crippen LogP contribution >= 0.6 is 11.6 Å². The van der Waals surface area contributed by atoms with E-state index in [9.17, 15) is 5.11 Å². The standard InChI is InChI=1S/C13H16ClNO3/c14-10-5-8(11(16)7-15-9-1-2-9)6-12-13(10)18-4-3-17-12/h5-6,9,11,15-16H,1-4,7H2. The molecule has 0 saturated heterocycles. The summed E-state index contributed by atoms with van der Waals surface area (Å²) in [5, 5.41) is 13.9. The van der Waals surface area contributed by atoms with Crippen LogP contribution in [0.5, 0.6) is 11.5 Å². The molecule has 0 amide bonds. The van der Waals surface area contributed by atoms with Gasteiger partial charge >= 0.3 is 0 Å². The number of halogens is 1. The molecule has 98 valence electrons. The van der Waals surface area contributed by atoms with Crippen LogP contribution in [0.25, 0.3) is 0 Å². The second kappa shape index (κ2) is 4.96. The molecule has 1 heterocycles. The Morgan fingerprint density at radius 2 is 2.11 bits per heavy atom. The molecule has 0 radical (unpaired) electrons. The minimum Gasteiger partial charge on any atom is -0.486 e. The number of hydrogen-bond donors (Lipinski definition) is 2. The quantitative estimate of drug-likeness (QED) is 0.877. The third-order valence-corrected chi connectivity index (χ3v) is 3.46. The maximum atomic E-state index is 10.1. The molecule has 1 aliphatic carbocycles. The molecule has 0 aromatic heterocycles. The van der Waals surface area contributed by atoms with Crippen LogP contribution in [-0.4, -0.2) is 30.9 Å². The molecule has 18 heavy (non-hydrogen) atoms. The molecular weight excluding hydrogens is 254 g/mol. The average Bonchev–Trinajstić information content (AvgIpc) is 3.20. The average molecular weight is 270 g/mol. The Labute approximate surface area is 111 Å². The van der Waals surface area contributed by atoms with Crippen molar-refractivity contribution in [1.82, 2.24) is 5.32 Å². The number of nitrogens with one attached hydrogen (secondary N) is 1. The lowest BCUT2D eigenvalue weighted by molar-refractivity contribution is 0.163. The lowest BCUT2D eigenvalue weighted by Crippen LogP contribution is -2.23. The van der Waals surface area contributed by atoms with Crippen LogP contribution < -0.4 is 14.8 Å². The lowest BCUT2D eigenvalue weighted by atomic mass is 10.1. The van der Waals surface area contributed by atoms with Gasteiger partial charge in [-0.15, -0.1) is 0 Å². The Hall–Kier alpha value is -0.970. The van der Waals surface area contributed by atoms with E-state index in [-0.39, 0.29) is 0 Å². The molecule has 5 heteroatoms. The van der Waals surface area contributed by atoms with Gasteiger partial charge in [0.15, 0.2) is 11.5 Å². The molecule has 2 N–H and O–H groups in total.